The summed E-state index contributed by atoms with van der Waals surface area (Å²) in [5.74, 6) is 0.785. The Morgan fingerprint density at radius 2 is 1.87 bits per heavy atom. The summed E-state index contributed by atoms with van der Waals surface area (Å²) >= 11 is 0. The maximum absolute atomic E-state index is 13.1. The molecular formula is C24H23N3O3. The average Bonchev–Trinajstić information content (AvgIpc) is 3.22. The van der Waals surface area contributed by atoms with Crippen LogP contribution >= 0.6 is 0 Å². The van der Waals surface area contributed by atoms with Crippen molar-refractivity contribution in [3.8, 4) is 11.4 Å². The first-order valence-corrected chi connectivity index (χ1v) is 10.3. The molecule has 6 nitrogen and oxygen atoms in total. The zero-order valence-corrected chi connectivity index (χ0v) is 16.8. The average molecular weight is 401 g/mol. The molecule has 2 aromatic heterocycles. The highest BCUT2D eigenvalue weighted by Gasteiger charge is 2.23. The molecule has 152 valence electrons. The Bertz CT molecular complexity index is 1300. The van der Waals surface area contributed by atoms with Gasteiger partial charge < -0.3 is 9.53 Å². The second-order valence-electron chi connectivity index (χ2n) is 7.97. The Hall–Kier alpha value is -3.41. The van der Waals surface area contributed by atoms with Gasteiger partial charge in [0.2, 0.25) is 0 Å². The van der Waals surface area contributed by atoms with E-state index in [1.54, 1.807) is 17.9 Å². The van der Waals surface area contributed by atoms with Crippen molar-refractivity contribution in [2.24, 2.45) is 5.92 Å². The van der Waals surface area contributed by atoms with Crippen molar-refractivity contribution >= 4 is 28.0 Å². The van der Waals surface area contributed by atoms with Gasteiger partial charge in [-0.05, 0) is 49.3 Å². The van der Waals surface area contributed by atoms with Gasteiger partial charge in [0, 0.05) is 35.2 Å². The summed E-state index contributed by atoms with van der Waals surface area (Å²) in [4.78, 5) is 24.1. The fourth-order valence-corrected chi connectivity index (χ4v) is 4.48. The van der Waals surface area contributed by atoms with Gasteiger partial charge in [-0.3, -0.25) is 14.0 Å². The van der Waals surface area contributed by atoms with Gasteiger partial charge in [-0.15, -0.1) is 0 Å². The summed E-state index contributed by atoms with van der Waals surface area (Å²) in [5.41, 5.74) is 1.46. The van der Waals surface area contributed by atoms with Crippen LogP contribution in [0.4, 0.5) is 0 Å². The third-order valence-electron chi connectivity index (χ3n) is 6.20. The Morgan fingerprint density at radius 1 is 1.07 bits per heavy atom. The number of rotatable bonds is 4. The molecule has 30 heavy (non-hydrogen) atoms. The molecule has 0 spiro atoms. The number of aldehydes is 1. The predicted octanol–water partition coefficient (Wildman–Crippen LogP) is 4.28. The summed E-state index contributed by atoms with van der Waals surface area (Å²) in [7, 11) is 1.61. The molecule has 4 aromatic rings. The van der Waals surface area contributed by atoms with Gasteiger partial charge in [-0.25, -0.2) is 0 Å². The highest BCUT2D eigenvalue weighted by molar-refractivity contribution is 5.85. The summed E-state index contributed by atoms with van der Waals surface area (Å²) in [6.07, 6.45) is 8.62. The molecule has 6 heteroatoms. The number of hydrogen-bond acceptors (Lipinski definition) is 4. The lowest BCUT2D eigenvalue weighted by Gasteiger charge is -2.25. The van der Waals surface area contributed by atoms with E-state index < -0.39 is 0 Å². The summed E-state index contributed by atoms with van der Waals surface area (Å²) in [6, 6.07) is 13.7. The van der Waals surface area contributed by atoms with Crippen LogP contribution < -0.4 is 10.3 Å². The minimum absolute atomic E-state index is 0.0784. The van der Waals surface area contributed by atoms with Crippen molar-refractivity contribution in [2.45, 2.75) is 31.7 Å². The van der Waals surface area contributed by atoms with Crippen molar-refractivity contribution in [3.05, 3.63) is 65.2 Å². The predicted molar refractivity (Wildman–Crippen MR) is 116 cm³/mol. The lowest BCUT2D eigenvalue weighted by Crippen LogP contribution is -2.19. The van der Waals surface area contributed by atoms with Gasteiger partial charge in [0.15, 0.2) is 0 Å². The molecule has 0 N–H and O–H groups in total. The Kier molecular flexibility index (Phi) is 4.62. The van der Waals surface area contributed by atoms with Crippen molar-refractivity contribution in [2.75, 3.05) is 7.11 Å². The van der Waals surface area contributed by atoms with E-state index in [1.165, 1.54) is 0 Å². The highest BCUT2D eigenvalue weighted by Crippen LogP contribution is 2.33. The lowest BCUT2D eigenvalue weighted by atomic mass is 9.87. The first-order chi connectivity index (χ1) is 14.7. The molecule has 0 atom stereocenters. The molecule has 1 aliphatic carbocycles. The van der Waals surface area contributed by atoms with E-state index in [1.807, 2.05) is 53.3 Å². The number of pyridine rings is 1. The molecule has 0 radical (unpaired) electrons. The maximum Gasteiger partial charge on any atom is 0.263 e. The second kappa shape index (κ2) is 7.44. The first kappa shape index (κ1) is 18.6. The molecule has 2 aromatic carbocycles. The van der Waals surface area contributed by atoms with Gasteiger partial charge in [-0.1, -0.05) is 18.2 Å². The van der Waals surface area contributed by atoms with Crippen molar-refractivity contribution < 1.29 is 9.53 Å². The molecule has 2 heterocycles. The number of aromatic nitrogens is 3. The molecule has 0 bridgehead atoms. The molecule has 0 unspecified atom stereocenters. The van der Waals surface area contributed by atoms with Crippen molar-refractivity contribution in [1.29, 1.82) is 0 Å². The van der Waals surface area contributed by atoms with Gasteiger partial charge in [0.05, 0.1) is 24.4 Å². The third kappa shape index (κ3) is 3.09. The SMILES string of the molecule is COc1cc2nn([C@H]3CC[C@H](C=O)CC3)cc2cc1-n1ccc2ccccc2c1=O. The van der Waals surface area contributed by atoms with Crippen molar-refractivity contribution in [1.82, 2.24) is 14.3 Å². The van der Waals surface area contributed by atoms with Gasteiger partial charge >= 0.3 is 0 Å². The Morgan fingerprint density at radius 3 is 2.63 bits per heavy atom. The van der Waals surface area contributed by atoms with E-state index in [-0.39, 0.29) is 11.5 Å². The van der Waals surface area contributed by atoms with Gasteiger partial charge in [-0.2, -0.15) is 5.10 Å². The van der Waals surface area contributed by atoms with Crippen LogP contribution in [-0.2, 0) is 4.79 Å². The molecule has 0 amide bonds. The van der Waals surface area contributed by atoms with E-state index in [0.29, 0.717) is 22.9 Å². The number of ether oxygens (including phenoxy) is 1. The highest BCUT2D eigenvalue weighted by atomic mass is 16.5. The van der Waals surface area contributed by atoms with Crippen LogP contribution in [0.2, 0.25) is 0 Å². The first-order valence-electron chi connectivity index (χ1n) is 10.3. The van der Waals surface area contributed by atoms with Crippen LogP contribution in [0.5, 0.6) is 5.75 Å². The topological polar surface area (TPSA) is 66.1 Å². The fraction of sp³-hybridized carbons (Fsp3) is 0.292. The summed E-state index contributed by atoms with van der Waals surface area (Å²) in [5, 5.41) is 7.31. The van der Waals surface area contributed by atoms with E-state index in [4.69, 9.17) is 9.84 Å². The number of hydrogen-bond donors (Lipinski definition) is 0. The number of benzene rings is 2. The number of carbonyl (C=O) groups is 1. The van der Waals surface area contributed by atoms with E-state index >= 15 is 0 Å². The van der Waals surface area contributed by atoms with E-state index in [2.05, 4.69) is 0 Å². The van der Waals surface area contributed by atoms with Crippen molar-refractivity contribution in [3.63, 3.8) is 0 Å². The van der Waals surface area contributed by atoms with Crippen LogP contribution in [-0.4, -0.2) is 27.7 Å². The van der Waals surface area contributed by atoms with Crippen LogP contribution in [0.25, 0.3) is 27.4 Å². The molecule has 5 rings (SSSR count). The minimum Gasteiger partial charge on any atom is -0.494 e. The minimum atomic E-state index is -0.0784. The van der Waals surface area contributed by atoms with Gasteiger partial charge in [0.1, 0.15) is 12.0 Å². The van der Waals surface area contributed by atoms with Crippen LogP contribution in [0.1, 0.15) is 31.7 Å². The largest absolute Gasteiger partial charge is 0.494 e. The van der Waals surface area contributed by atoms with Crippen LogP contribution in [0, 0.1) is 5.92 Å². The fourth-order valence-electron chi connectivity index (χ4n) is 4.48. The monoisotopic (exact) mass is 401 g/mol. The number of fused-ring (bicyclic) bond motifs is 2. The Labute approximate surface area is 173 Å². The molecule has 1 fully saturated rings. The number of nitrogens with zero attached hydrogens (tertiary/aromatic N) is 3. The summed E-state index contributed by atoms with van der Waals surface area (Å²) in [6.45, 7) is 0. The van der Waals surface area contributed by atoms with E-state index in [0.717, 1.165) is 48.3 Å². The normalized spacial score (nSPS) is 19.2. The quantitative estimate of drug-likeness (QED) is 0.479. The smallest absolute Gasteiger partial charge is 0.263 e. The zero-order valence-electron chi connectivity index (χ0n) is 16.8. The zero-order chi connectivity index (χ0) is 20.7. The van der Waals surface area contributed by atoms with E-state index in [9.17, 15) is 9.59 Å². The van der Waals surface area contributed by atoms with Crippen LogP contribution in [0.15, 0.2) is 59.7 Å². The number of methoxy groups -OCH3 is 1. The molecular weight excluding hydrogens is 378 g/mol. The molecule has 1 saturated carbocycles. The Balaban J connectivity index is 1.59. The molecule has 1 aliphatic rings. The lowest BCUT2D eigenvalue weighted by molar-refractivity contribution is -0.112. The second-order valence-corrected chi connectivity index (χ2v) is 7.97. The molecule has 0 aliphatic heterocycles. The molecule has 0 saturated heterocycles. The van der Waals surface area contributed by atoms with Gasteiger partial charge in [0.25, 0.3) is 5.56 Å². The maximum atomic E-state index is 13.1. The summed E-state index contributed by atoms with van der Waals surface area (Å²) < 4.78 is 9.25. The standard InChI is InChI=1S/C24H23N3O3/c1-30-23-13-21-18(14-27(25-21)19-8-6-16(15-28)7-9-19)12-22(23)26-11-10-17-4-2-3-5-20(17)24(26)29/h2-5,10-16,19H,6-9H2,1H3/t16-,19-. The number of carbonyl (C=O) groups excluding carboxylic acids is 1. The van der Waals surface area contributed by atoms with Crippen LogP contribution in [0.3, 0.4) is 0 Å². The third-order valence-corrected chi connectivity index (χ3v) is 6.20.